The predicted molar refractivity (Wildman–Crippen MR) is 92.1 cm³/mol. The summed E-state index contributed by atoms with van der Waals surface area (Å²) in [7, 11) is 0. The highest BCUT2D eigenvalue weighted by Gasteiger charge is 2.26. The van der Waals surface area contributed by atoms with Gasteiger partial charge in [0.05, 0.1) is 13.2 Å². The van der Waals surface area contributed by atoms with E-state index >= 15 is 0 Å². The fourth-order valence-electron chi connectivity index (χ4n) is 3.46. The molecule has 0 fully saturated rings. The van der Waals surface area contributed by atoms with Gasteiger partial charge in [-0.15, -0.1) is 0 Å². The topological polar surface area (TPSA) is 47.6 Å². The minimum absolute atomic E-state index is 0.0311. The van der Waals surface area contributed by atoms with Crippen molar-refractivity contribution < 1.29 is 14.3 Å². The second-order valence-corrected chi connectivity index (χ2v) is 6.39. The van der Waals surface area contributed by atoms with Crippen LogP contribution in [0.4, 0.5) is 0 Å². The largest absolute Gasteiger partial charge is 0.493 e. The van der Waals surface area contributed by atoms with E-state index < -0.39 is 0 Å². The van der Waals surface area contributed by atoms with Crippen LogP contribution >= 0.6 is 0 Å². The second kappa shape index (κ2) is 6.19. The van der Waals surface area contributed by atoms with Crippen LogP contribution in [0.2, 0.25) is 0 Å². The number of nitrogens with one attached hydrogen (secondary N) is 1. The summed E-state index contributed by atoms with van der Waals surface area (Å²) in [6.07, 6.45) is 2.63. The summed E-state index contributed by atoms with van der Waals surface area (Å²) in [5.74, 6) is 1.99. The van der Waals surface area contributed by atoms with Crippen LogP contribution in [0.15, 0.2) is 30.3 Å². The van der Waals surface area contributed by atoms with Crippen molar-refractivity contribution in [1.82, 2.24) is 5.32 Å². The van der Waals surface area contributed by atoms with E-state index in [-0.39, 0.29) is 5.91 Å². The molecule has 0 saturated carbocycles. The molecule has 0 saturated heterocycles. The first-order chi connectivity index (χ1) is 11.7. The van der Waals surface area contributed by atoms with Gasteiger partial charge < -0.3 is 14.8 Å². The Hall–Kier alpha value is -2.49. The predicted octanol–water partition coefficient (Wildman–Crippen LogP) is 2.84. The van der Waals surface area contributed by atoms with Crippen LogP contribution < -0.4 is 14.8 Å². The monoisotopic (exact) mass is 323 g/mol. The number of rotatable bonds is 4. The summed E-state index contributed by atoms with van der Waals surface area (Å²) in [6, 6.07) is 9.76. The quantitative estimate of drug-likeness (QED) is 0.941. The Morgan fingerprint density at radius 3 is 2.75 bits per heavy atom. The van der Waals surface area contributed by atoms with Crippen LogP contribution in [-0.2, 0) is 19.3 Å². The van der Waals surface area contributed by atoms with Crippen molar-refractivity contribution in [1.29, 1.82) is 0 Å². The van der Waals surface area contributed by atoms with Crippen molar-refractivity contribution in [3.05, 3.63) is 58.1 Å². The molecule has 24 heavy (non-hydrogen) atoms. The van der Waals surface area contributed by atoms with Gasteiger partial charge in [0, 0.05) is 41.6 Å². The lowest BCUT2D eigenvalue weighted by molar-refractivity contribution is 0.0954. The van der Waals surface area contributed by atoms with Crippen LogP contribution in [0.1, 0.15) is 32.6 Å². The van der Waals surface area contributed by atoms with E-state index in [9.17, 15) is 4.79 Å². The van der Waals surface area contributed by atoms with Crippen molar-refractivity contribution in [2.24, 2.45) is 0 Å². The SMILES string of the molecule is Cc1ccc(C(=O)NCCc2c3c(cc4c2OCC4)OCC3)cc1. The average molecular weight is 323 g/mol. The standard InChI is InChI=1S/C20H21NO3/c1-13-2-4-14(5-3-13)20(22)21-9-6-17-16-8-11-23-18(16)12-15-7-10-24-19(15)17/h2-5,12H,6-11H2,1H3,(H,21,22). The zero-order valence-corrected chi connectivity index (χ0v) is 13.9. The van der Waals surface area contributed by atoms with E-state index in [2.05, 4.69) is 11.4 Å². The fourth-order valence-corrected chi connectivity index (χ4v) is 3.46. The second-order valence-electron chi connectivity index (χ2n) is 6.39. The number of amides is 1. The molecule has 0 aromatic heterocycles. The lowest BCUT2D eigenvalue weighted by atomic mass is 9.97. The molecule has 0 spiro atoms. The molecule has 1 N–H and O–H groups in total. The molecule has 0 atom stereocenters. The first-order valence-electron chi connectivity index (χ1n) is 8.50. The highest BCUT2D eigenvalue weighted by molar-refractivity contribution is 5.94. The number of fused-ring (bicyclic) bond motifs is 2. The molecule has 4 nitrogen and oxygen atoms in total. The van der Waals surface area contributed by atoms with Crippen molar-refractivity contribution in [3.63, 3.8) is 0 Å². The number of aryl methyl sites for hydroxylation is 1. The minimum atomic E-state index is -0.0311. The van der Waals surface area contributed by atoms with Gasteiger partial charge in [0.25, 0.3) is 5.91 Å². The molecule has 2 aliphatic heterocycles. The highest BCUT2D eigenvalue weighted by atomic mass is 16.5. The molecule has 2 aromatic rings. The fraction of sp³-hybridized carbons (Fsp3) is 0.350. The number of hydrogen-bond donors (Lipinski definition) is 1. The van der Waals surface area contributed by atoms with Gasteiger partial charge in [0.1, 0.15) is 11.5 Å². The van der Waals surface area contributed by atoms with E-state index in [4.69, 9.17) is 9.47 Å². The Morgan fingerprint density at radius 2 is 1.92 bits per heavy atom. The maximum atomic E-state index is 12.2. The van der Waals surface area contributed by atoms with E-state index in [1.54, 1.807) is 0 Å². The summed E-state index contributed by atoms with van der Waals surface area (Å²) in [5.41, 5.74) is 5.54. The molecule has 0 bridgehead atoms. The lowest BCUT2D eigenvalue weighted by Crippen LogP contribution is -2.26. The number of ether oxygens (including phenoxy) is 2. The van der Waals surface area contributed by atoms with Gasteiger partial charge in [-0.2, -0.15) is 0 Å². The number of carbonyl (C=O) groups is 1. The Kier molecular flexibility index (Phi) is 3.89. The van der Waals surface area contributed by atoms with Crippen LogP contribution in [0.25, 0.3) is 0 Å². The molecule has 4 heteroatoms. The Bertz CT molecular complexity index is 748. The molecule has 0 aliphatic carbocycles. The van der Waals surface area contributed by atoms with Crippen molar-refractivity contribution in [2.45, 2.75) is 26.2 Å². The zero-order valence-electron chi connectivity index (χ0n) is 13.9. The van der Waals surface area contributed by atoms with E-state index in [1.165, 1.54) is 16.7 Å². The van der Waals surface area contributed by atoms with Crippen LogP contribution in [-0.4, -0.2) is 25.7 Å². The molecule has 4 rings (SSSR count). The number of benzene rings is 2. The van der Waals surface area contributed by atoms with Crippen molar-refractivity contribution >= 4 is 5.91 Å². The Labute approximate surface area is 141 Å². The first-order valence-corrected chi connectivity index (χ1v) is 8.50. The van der Waals surface area contributed by atoms with Gasteiger partial charge in [-0.3, -0.25) is 4.79 Å². The molecule has 0 radical (unpaired) electrons. The first kappa shape index (κ1) is 15.1. The normalized spacial score (nSPS) is 14.5. The van der Waals surface area contributed by atoms with Crippen molar-refractivity contribution in [3.8, 4) is 11.5 Å². The molecule has 2 aliphatic rings. The summed E-state index contributed by atoms with van der Waals surface area (Å²) < 4.78 is 11.6. The summed E-state index contributed by atoms with van der Waals surface area (Å²) in [5, 5.41) is 3.01. The average Bonchev–Trinajstić information content (AvgIpc) is 3.23. The molecule has 124 valence electrons. The zero-order chi connectivity index (χ0) is 16.5. The Balaban J connectivity index is 1.47. The summed E-state index contributed by atoms with van der Waals surface area (Å²) in [4.78, 5) is 12.2. The smallest absolute Gasteiger partial charge is 0.251 e. The van der Waals surface area contributed by atoms with Crippen LogP contribution in [0.3, 0.4) is 0 Å². The van der Waals surface area contributed by atoms with E-state index in [1.807, 2.05) is 31.2 Å². The third-order valence-electron chi connectivity index (χ3n) is 4.73. The van der Waals surface area contributed by atoms with Crippen LogP contribution in [0, 0.1) is 6.92 Å². The van der Waals surface area contributed by atoms with Gasteiger partial charge in [0.2, 0.25) is 0 Å². The highest BCUT2D eigenvalue weighted by Crippen LogP contribution is 2.40. The Morgan fingerprint density at radius 1 is 1.12 bits per heavy atom. The molecule has 2 heterocycles. The number of hydrogen-bond acceptors (Lipinski definition) is 3. The van der Waals surface area contributed by atoms with E-state index in [0.29, 0.717) is 12.1 Å². The van der Waals surface area contributed by atoms with E-state index in [0.717, 1.165) is 49.5 Å². The third-order valence-corrected chi connectivity index (χ3v) is 4.73. The maximum absolute atomic E-state index is 12.2. The van der Waals surface area contributed by atoms with Gasteiger partial charge >= 0.3 is 0 Å². The lowest BCUT2D eigenvalue weighted by Gasteiger charge is -2.13. The van der Waals surface area contributed by atoms with Gasteiger partial charge in [0.15, 0.2) is 0 Å². The molecular weight excluding hydrogens is 302 g/mol. The molecule has 0 unspecified atom stereocenters. The van der Waals surface area contributed by atoms with Gasteiger partial charge in [-0.05, 0) is 31.5 Å². The van der Waals surface area contributed by atoms with Crippen LogP contribution in [0.5, 0.6) is 11.5 Å². The minimum Gasteiger partial charge on any atom is -0.493 e. The van der Waals surface area contributed by atoms with Gasteiger partial charge in [-0.25, -0.2) is 0 Å². The maximum Gasteiger partial charge on any atom is 0.251 e. The molecular formula is C20H21NO3. The molecule has 1 amide bonds. The number of carbonyl (C=O) groups excluding carboxylic acids is 1. The molecule has 2 aromatic carbocycles. The van der Waals surface area contributed by atoms with Gasteiger partial charge in [-0.1, -0.05) is 17.7 Å². The van der Waals surface area contributed by atoms with Crippen molar-refractivity contribution in [2.75, 3.05) is 19.8 Å². The third kappa shape index (κ3) is 2.73. The summed E-state index contributed by atoms with van der Waals surface area (Å²) >= 11 is 0. The summed E-state index contributed by atoms with van der Waals surface area (Å²) in [6.45, 7) is 4.08.